The Balaban J connectivity index is 1.76. The van der Waals surface area contributed by atoms with Crippen molar-refractivity contribution in [3.63, 3.8) is 0 Å². The number of aryl methyl sites for hydroxylation is 1. The van der Waals surface area contributed by atoms with Crippen LogP contribution in [-0.4, -0.2) is 32.7 Å². The Morgan fingerprint density at radius 2 is 2.04 bits per heavy atom. The third-order valence-corrected chi connectivity index (χ3v) is 4.14. The second kappa shape index (κ2) is 6.68. The van der Waals surface area contributed by atoms with Crippen molar-refractivity contribution < 1.29 is 19.2 Å². The summed E-state index contributed by atoms with van der Waals surface area (Å²) in [6, 6.07) is 0. The molecule has 0 radical (unpaired) electrons. The van der Waals surface area contributed by atoms with E-state index in [0.29, 0.717) is 31.0 Å². The van der Waals surface area contributed by atoms with Gasteiger partial charge in [-0.05, 0) is 25.7 Å². The first kappa shape index (κ1) is 17.4. The smallest absolute Gasteiger partial charge is 0.305 e. The highest BCUT2D eigenvalue weighted by atomic mass is 16.5. The Labute approximate surface area is 135 Å². The predicted molar refractivity (Wildman–Crippen MR) is 82.9 cm³/mol. The van der Waals surface area contributed by atoms with Crippen LogP contribution in [0, 0.1) is 0 Å². The fraction of sp³-hybridized carbons (Fsp3) is 0.750. The van der Waals surface area contributed by atoms with Crippen LogP contribution < -0.4 is 5.32 Å². The van der Waals surface area contributed by atoms with E-state index >= 15 is 0 Å². The summed E-state index contributed by atoms with van der Waals surface area (Å²) >= 11 is 0. The molecule has 0 aliphatic heterocycles. The highest BCUT2D eigenvalue weighted by Gasteiger charge is 2.40. The van der Waals surface area contributed by atoms with Gasteiger partial charge < -0.3 is 14.9 Å². The average molecular weight is 323 g/mol. The monoisotopic (exact) mass is 323 g/mol. The van der Waals surface area contributed by atoms with Crippen LogP contribution in [0.4, 0.5) is 0 Å². The van der Waals surface area contributed by atoms with Crippen LogP contribution in [0.5, 0.6) is 0 Å². The molecule has 1 amide bonds. The van der Waals surface area contributed by atoms with Crippen molar-refractivity contribution in [2.75, 3.05) is 0 Å². The Bertz CT molecular complexity index is 570. The summed E-state index contributed by atoms with van der Waals surface area (Å²) in [6.07, 6.45) is 3.91. The minimum atomic E-state index is -0.870. The number of hydrogen-bond donors (Lipinski definition) is 2. The van der Waals surface area contributed by atoms with Gasteiger partial charge in [0.2, 0.25) is 11.8 Å². The fourth-order valence-electron chi connectivity index (χ4n) is 2.66. The van der Waals surface area contributed by atoms with Gasteiger partial charge in [-0.1, -0.05) is 25.9 Å². The number of aliphatic carboxylic acids is 1. The Morgan fingerprint density at radius 3 is 2.52 bits per heavy atom. The lowest BCUT2D eigenvalue weighted by molar-refractivity contribution is -0.140. The molecular weight excluding hydrogens is 298 g/mol. The lowest BCUT2D eigenvalue weighted by Crippen LogP contribution is -2.54. The average Bonchev–Trinajstić information content (AvgIpc) is 2.84. The number of nitrogens with zero attached hydrogens (tertiary/aromatic N) is 2. The number of rotatable bonds is 7. The molecule has 1 aliphatic carbocycles. The molecule has 2 rings (SSSR count). The van der Waals surface area contributed by atoms with Crippen LogP contribution in [0.3, 0.4) is 0 Å². The van der Waals surface area contributed by atoms with Crippen LogP contribution in [0.1, 0.15) is 71.0 Å². The van der Waals surface area contributed by atoms with Crippen molar-refractivity contribution in [1.29, 1.82) is 0 Å². The molecule has 1 aromatic rings. The number of carboxylic acids is 1. The van der Waals surface area contributed by atoms with Crippen LogP contribution >= 0.6 is 0 Å². The van der Waals surface area contributed by atoms with Gasteiger partial charge in [0.1, 0.15) is 0 Å². The largest absolute Gasteiger partial charge is 0.481 e. The number of hydrogen-bond acceptors (Lipinski definition) is 5. The molecule has 23 heavy (non-hydrogen) atoms. The van der Waals surface area contributed by atoms with E-state index in [9.17, 15) is 9.59 Å². The number of carboxylic acid groups (broad SMARTS) is 1. The van der Waals surface area contributed by atoms with E-state index in [1.54, 1.807) is 0 Å². The quantitative estimate of drug-likeness (QED) is 0.797. The number of nitrogens with one attached hydrogen (secondary N) is 1. The van der Waals surface area contributed by atoms with E-state index in [4.69, 9.17) is 9.63 Å². The van der Waals surface area contributed by atoms with Crippen LogP contribution in [0.25, 0.3) is 0 Å². The normalized spacial score (nSPS) is 16.7. The van der Waals surface area contributed by atoms with Crippen molar-refractivity contribution in [1.82, 2.24) is 15.5 Å². The van der Waals surface area contributed by atoms with Crippen molar-refractivity contribution in [3.05, 3.63) is 11.7 Å². The molecule has 0 unspecified atom stereocenters. The first-order valence-corrected chi connectivity index (χ1v) is 8.06. The van der Waals surface area contributed by atoms with Crippen LogP contribution in [0.2, 0.25) is 0 Å². The molecule has 1 aromatic heterocycles. The van der Waals surface area contributed by atoms with Gasteiger partial charge in [0.25, 0.3) is 0 Å². The zero-order chi connectivity index (χ0) is 17.1. The standard InChI is InChI=1S/C16H25N3O4/c1-15(2,3)14-17-12(23-19-14)7-4-6-11(20)18-16(8-5-9-16)10-13(21)22/h4-10H2,1-3H3,(H,18,20)(H,21,22). The van der Waals surface area contributed by atoms with Gasteiger partial charge in [0, 0.05) is 18.3 Å². The summed E-state index contributed by atoms with van der Waals surface area (Å²) in [5.41, 5.74) is -0.695. The van der Waals surface area contributed by atoms with E-state index in [0.717, 1.165) is 19.3 Å². The first-order chi connectivity index (χ1) is 10.7. The highest BCUT2D eigenvalue weighted by molar-refractivity contribution is 5.78. The molecule has 7 nitrogen and oxygen atoms in total. The number of aromatic nitrogens is 2. The summed E-state index contributed by atoms with van der Waals surface area (Å²) in [7, 11) is 0. The van der Waals surface area contributed by atoms with E-state index in [-0.39, 0.29) is 17.7 Å². The molecular formula is C16H25N3O4. The summed E-state index contributed by atoms with van der Waals surface area (Å²) in [5.74, 6) is 0.213. The molecule has 1 fully saturated rings. The molecule has 0 spiro atoms. The van der Waals surface area contributed by atoms with Gasteiger partial charge in [0.05, 0.1) is 12.0 Å². The molecule has 1 saturated carbocycles. The van der Waals surface area contributed by atoms with E-state index in [1.165, 1.54) is 0 Å². The number of carbonyl (C=O) groups excluding carboxylic acids is 1. The predicted octanol–water partition coefficient (Wildman–Crippen LogP) is 2.20. The van der Waals surface area contributed by atoms with Gasteiger partial charge in [0.15, 0.2) is 5.82 Å². The van der Waals surface area contributed by atoms with E-state index < -0.39 is 11.5 Å². The molecule has 0 atom stereocenters. The minimum absolute atomic E-state index is 0.00264. The van der Waals surface area contributed by atoms with E-state index in [2.05, 4.69) is 15.5 Å². The maximum atomic E-state index is 12.0. The van der Waals surface area contributed by atoms with E-state index in [1.807, 2.05) is 20.8 Å². The Kier molecular flexibility index (Phi) is 5.06. The molecule has 2 N–H and O–H groups in total. The van der Waals surface area contributed by atoms with Crippen molar-refractivity contribution in [2.45, 2.75) is 76.7 Å². The third kappa shape index (κ3) is 4.77. The van der Waals surface area contributed by atoms with Gasteiger partial charge >= 0.3 is 5.97 Å². The Morgan fingerprint density at radius 1 is 1.35 bits per heavy atom. The van der Waals surface area contributed by atoms with Gasteiger partial charge in [-0.25, -0.2) is 0 Å². The van der Waals surface area contributed by atoms with Crippen molar-refractivity contribution in [3.8, 4) is 0 Å². The van der Waals surface area contributed by atoms with Gasteiger partial charge in [-0.2, -0.15) is 4.98 Å². The molecule has 0 aromatic carbocycles. The lowest BCUT2D eigenvalue weighted by atomic mass is 9.74. The number of carbonyl (C=O) groups is 2. The fourth-order valence-corrected chi connectivity index (χ4v) is 2.66. The maximum absolute atomic E-state index is 12.0. The number of amides is 1. The van der Waals surface area contributed by atoms with Crippen LogP contribution in [-0.2, 0) is 21.4 Å². The van der Waals surface area contributed by atoms with Gasteiger partial charge in [-0.15, -0.1) is 0 Å². The molecule has 0 bridgehead atoms. The van der Waals surface area contributed by atoms with Crippen molar-refractivity contribution in [2.24, 2.45) is 0 Å². The second-order valence-corrected chi connectivity index (χ2v) is 7.37. The van der Waals surface area contributed by atoms with Gasteiger partial charge in [-0.3, -0.25) is 9.59 Å². The first-order valence-electron chi connectivity index (χ1n) is 8.06. The molecule has 7 heteroatoms. The molecule has 128 valence electrons. The molecule has 0 saturated heterocycles. The second-order valence-electron chi connectivity index (χ2n) is 7.37. The highest BCUT2D eigenvalue weighted by Crippen LogP contribution is 2.35. The SMILES string of the molecule is CC(C)(C)c1noc(CCCC(=O)NC2(CC(=O)O)CCC2)n1. The minimum Gasteiger partial charge on any atom is -0.481 e. The Hall–Kier alpha value is -1.92. The lowest BCUT2D eigenvalue weighted by Gasteiger charge is -2.41. The molecule has 1 heterocycles. The third-order valence-electron chi connectivity index (χ3n) is 4.14. The summed E-state index contributed by atoms with van der Waals surface area (Å²) in [6.45, 7) is 6.03. The summed E-state index contributed by atoms with van der Waals surface area (Å²) in [4.78, 5) is 27.2. The van der Waals surface area contributed by atoms with Crippen molar-refractivity contribution >= 4 is 11.9 Å². The summed E-state index contributed by atoms with van der Waals surface area (Å²) < 4.78 is 5.19. The maximum Gasteiger partial charge on any atom is 0.305 e. The zero-order valence-electron chi connectivity index (χ0n) is 14.0. The zero-order valence-corrected chi connectivity index (χ0v) is 14.0. The summed E-state index contributed by atoms with van der Waals surface area (Å²) in [5, 5.41) is 15.8. The molecule has 1 aliphatic rings. The van der Waals surface area contributed by atoms with Crippen LogP contribution in [0.15, 0.2) is 4.52 Å². The topological polar surface area (TPSA) is 105 Å².